The molecule has 2 rings (SSSR count). The molecule has 0 aliphatic carbocycles. The van der Waals surface area contributed by atoms with Crippen molar-refractivity contribution in [3.8, 4) is 11.5 Å². The zero-order valence-corrected chi connectivity index (χ0v) is 12.4. The summed E-state index contributed by atoms with van der Waals surface area (Å²) in [4.78, 5) is 12.3. The van der Waals surface area contributed by atoms with Crippen molar-refractivity contribution in [1.29, 1.82) is 0 Å². The minimum Gasteiger partial charge on any atom is -0.497 e. The van der Waals surface area contributed by atoms with E-state index < -0.39 is 0 Å². The van der Waals surface area contributed by atoms with Crippen molar-refractivity contribution in [3.05, 3.63) is 65.2 Å². The van der Waals surface area contributed by atoms with E-state index >= 15 is 0 Å². The van der Waals surface area contributed by atoms with Crippen LogP contribution >= 0.6 is 0 Å². The maximum absolute atomic E-state index is 12.3. The van der Waals surface area contributed by atoms with Crippen LogP contribution in [0.1, 0.15) is 21.5 Å². The third kappa shape index (κ3) is 3.72. The molecule has 108 valence electrons. The molecular formula is C18H18O3. The topological polar surface area (TPSA) is 35.5 Å². The van der Waals surface area contributed by atoms with E-state index in [1.165, 1.54) is 7.11 Å². The number of benzene rings is 2. The van der Waals surface area contributed by atoms with Gasteiger partial charge in [0.2, 0.25) is 0 Å². The first-order valence-electron chi connectivity index (χ1n) is 6.65. The van der Waals surface area contributed by atoms with E-state index in [-0.39, 0.29) is 5.78 Å². The smallest absolute Gasteiger partial charge is 0.189 e. The first kappa shape index (κ1) is 14.9. The molecule has 0 unspecified atom stereocenters. The van der Waals surface area contributed by atoms with E-state index in [0.717, 1.165) is 11.1 Å². The van der Waals surface area contributed by atoms with Crippen molar-refractivity contribution < 1.29 is 14.3 Å². The second-order valence-corrected chi connectivity index (χ2v) is 4.68. The molecule has 0 aliphatic heterocycles. The number of rotatable bonds is 5. The third-order valence-electron chi connectivity index (χ3n) is 3.14. The van der Waals surface area contributed by atoms with Gasteiger partial charge in [-0.2, -0.15) is 0 Å². The lowest BCUT2D eigenvalue weighted by Crippen LogP contribution is -1.99. The molecule has 0 saturated heterocycles. The normalized spacial score (nSPS) is 10.6. The van der Waals surface area contributed by atoms with Crippen LogP contribution in [0.15, 0.2) is 48.5 Å². The van der Waals surface area contributed by atoms with Gasteiger partial charge in [-0.1, -0.05) is 35.9 Å². The van der Waals surface area contributed by atoms with Crippen molar-refractivity contribution in [2.24, 2.45) is 0 Å². The predicted molar refractivity (Wildman–Crippen MR) is 84.1 cm³/mol. The fourth-order valence-corrected chi connectivity index (χ4v) is 2.04. The Balaban J connectivity index is 2.24. The molecule has 0 aliphatic rings. The maximum Gasteiger partial charge on any atom is 0.189 e. The van der Waals surface area contributed by atoms with Crippen LogP contribution in [0.4, 0.5) is 0 Å². The van der Waals surface area contributed by atoms with Crippen LogP contribution in [0.25, 0.3) is 6.08 Å². The van der Waals surface area contributed by atoms with E-state index in [1.54, 1.807) is 37.5 Å². The molecule has 0 radical (unpaired) electrons. The van der Waals surface area contributed by atoms with Crippen LogP contribution in [-0.2, 0) is 0 Å². The summed E-state index contributed by atoms with van der Waals surface area (Å²) in [7, 11) is 3.11. The van der Waals surface area contributed by atoms with Gasteiger partial charge in [0.25, 0.3) is 0 Å². The number of allylic oxidation sites excluding steroid dienone is 1. The largest absolute Gasteiger partial charge is 0.497 e. The summed E-state index contributed by atoms with van der Waals surface area (Å²) in [5, 5.41) is 0. The lowest BCUT2D eigenvalue weighted by Gasteiger charge is -2.07. The number of carbonyl (C=O) groups is 1. The monoisotopic (exact) mass is 282 g/mol. The van der Waals surface area contributed by atoms with Gasteiger partial charge in [0, 0.05) is 6.07 Å². The Morgan fingerprint density at radius 1 is 1.05 bits per heavy atom. The predicted octanol–water partition coefficient (Wildman–Crippen LogP) is 3.91. The van der Waals surface area contributed by atoms with Gasteiger partial charge in [-0.05, 0) is 30.7 Å². The molecule has 0 spiro atoms. The molecule has 0 aromatic heterocycles. The molecule has 3 heteroatoms. The molecule has 0 N–H and O–H groups in total. The van der Waals surface area contributed by atoms with Crippen molar-refractivity contribution in [2.45, 2.75) is 6.92 Å². The van der Waals surface area contributed by atoms with Crippen LogP contribution in [-0.4, -0.2) is 20.0 Å². The van der Waals surface area contributed by atoms with Crippen molar-refractivity contribution in [2.75, 3.05) is 14.2 Å². The van der Waals surface area contributed by atoms with Gasteiger partial charge in [0.1, 0.15) is 11.5 Å². The highest BCUT2D eigenvalue weighted by atomic mass is 16.5. The average molecular weight is 282 g/mol. The Hall–Kier alpha value is -2.55. The molecule has 3 nitrogen and oxygen atoms in total. The lowest BCUT2D eigenvalue weighted by atomic mass is 10.1. The zero-order chi connectivity index (χ0) is 15.2. The molecule has 0 amide bonds. The third-order valence-corrected chi connectivity index (χ3v) is 3.14. The summed E-state index contributed by atoms with van der Waals surface area (Å²) in [5.74, 6) is 1.07. The second kappa shape index (κ2) is 6.75. The Kier molecular flexibility index (Phi) is 4.77. The van der Waals surface area contributed by atoms with Crippen LogP contribution in [0.2, 0.25) is 0 Å². The number of ether oxygens (including phenoxy) is 2. The summed E-state index contributed by atoms with van der Waals surface area (Å²) in [6.45, 7) is 2.02. The number of carbonyl (C=O) groups excluding carboxylic acids is 1. The van der Waals surface area contributed by atoms with Crippen LogP contribution in [0, 0.1) is 6.92 Å². The van der Waals surface area contributed by atoms with Crippen molar-refractivity contribution in [1.82, 2.24) is 0 Å². The van der Waals surface area contributed by atoms with Crippen molar-refractivity contribution >= 4 is 11.9 Å². The van der Waals surface area contributed by atoms with Gasteiger partial charge in [-0.25, -0.2) is 0 Å². The van der Waals surface area contributed by atoms with Gasteiger partial charge in [0.15, 0.2) is 5.78 Å². The van der Waals surface area contributed by atoms with E-state index in [4.69, 9.17) is 9.47 Å². The van der Waals surface area contributed by atoms with E-state index in [2.05, 4.69) is 0 Å². The summed E-state index contributed by atoms with van der Waals surface area (Å²) >= 11 is 0. The summed E-state index contributed by atoms with van der Waals surface area (Å²) < 4.78 is 10.4. The average Bonchev–Trinajstić information content (AvgIpc) is 2.52. The fourth-order valence-electron chi connectivity index (χ4n) is 2.04. The Labute approximate surface area is 124 Å². The number of ketones is 1. The molecule has 2 aromatic rings. The molecule has 2 aromatic carbocycles. The number of hydrogen-bond acceptors (Lipinski definition) is 3. The Bertz CT molecular complexity index is 672. The number of aryl methyl sites for hydroxylation is 1. The standard InChI is InChI=1S/C18H18O3/c1-13-5-4-6-14(11-13)7-10-17(19)16-9-8-15(20-2)12-18(16)21-3/h4-12H,1-3H3. The summed E-state index contributed by atoms with van der Waals surface area (Å²) in [6.07, 6.45) is 3.36. The number of hydrogen-bond donors (Lipinski definition) is 0. The minimum absolute atomic E-state index is 0.101. The molecule has 0 fully saturated rings. The van der Waals surface area contributed by atoms with Gasteiger partial charge in [-0.15, -0.1) is 0 Å². The zero-order valence-electron chi connectivity index (χ0n) is 12.4. The molecular weight excluding hydrogens is 264 g/mol. The fraction of sp³-hybridized carbons (Fsp3) is 0.167. The van der Waals surface area contributed by atoms with Crippen molar-refractivity contribution in [3.63, 3.8) is 0 Å². The molecule has 0 bridgehead atoms. The second-order valence-electron chi connectivity index (χ2n) is 4.68. The molecule has 0 saturated carbocycles. The van der Waals surface area contributed by atoms with E-state index in [0.29, 0.717) is 17.1 Å². The number of methoxy groups -OCH3 is 2. The van der Waals surface area contributed by atoms with E-state index in [9.17, 15) is 4.79 Å². The maximum atomic E-state index is 12.3. The van der Waals surface area contributed by atoms with Gasteiger partial charge in [0.05, 0.1) is 19.8 Å². The minimum atomic E-state index is -0.101. The molecule has 21 heavy (non-hydrogen) atoms. The lowest BCUT2D eigenvalue weighted by molar-refractivity contribution is 0.104. The summed E-state index contributed by atoms with van der Waals surface area (Å²) in [6, 6.07) is 13.1. The summed E-state index contributed by atoms with van der Waals surface area (Å²) in [5.41, 5.74) is 2.67. The van der Waals surface area contributed by atoms with Crippen LogP contribution in [0.5, 0.6) is 11.5 Å². The van der Waals surface area contributed by atoms with Gasteiger partial charge >= 0.3 is 0 Å². The van der Waals surface area contributed by atoms with Gasteiger partial charge in [-0.3, -0.25) is 4.79 Å². The van der Waals surface area contributed by atoms with Crippen LogP contribution < -0.4 is 9.47 Å². The molecule has 0 atom stereocenters. The van der Waals surface area contributed by atoms with Gasteiger partial charge < -0.3 is 9.47 Å². The highest BCUT2D eigenvalue weighted by Crippen LogP contribution is 2.25. The Morgan fingerprint density at radius 3 is 2.52 bits per heavy atom. The van der Waals surface area contributed by atoms with E-state index in [1.807, 2.05) is 31.2 Å². The highest BCUT2D eigenvalue weighted by molar-refractivity contribution is 6.08. The first-order valence-corrected chi connectivity index (χ1v) is 6.65. The highest BCUT2D eigenvalue weighted by Gasteiger charge is 2.10. The first-order chi connectivity index (χ1) is 10.1. The SMILES string of the molecule is COc1ccc(C(=O)C=Cc2cccc(C)c2)c(OC)c1. The van der Waals surface area contributed by atoms with Crippen LogP contribution in [0.3, 0.4) is 0 Å². The quantitative estimate of drug-likeness (QED) is 0.616. The Morgan fingerprint density at radius 2 is 1.86 bits per heavy atom. The molecule has 0 heterocycles.